The monoisotopic (exact) mass is 608 g/mol. The third kappa shape index (κ3) is 5.89. The molecule has 0 heterocycles. The van der Waals surface area contributed by atoms with E-state index < -0.39 is 17.2 Å². The summed E-state index contributed by atoms with van der Waals surface area (Å²) >= 11 is 0. The van der Waals surface area contributed by atoms with Crippen molar-refractivity contribution in [1.82, 2.24) is 0 Å². The molecule has 0 atom stereocenters. The molecule has 6 heteroatoms. The summed E-state index contributed by atoms with van der Waals surface area (Å²) in [5, 5.41) is 52.2. The average Bonchev–Trinajstić information content (AvgIpc) is 3.93. The Kier molecular flexibility index (Phi) is 8.45. The van der Waals surface area contributed by atoms with Crippen molar-refractivity contribution in [1.29, 1.82) is 5.41 Å². The van der Waals surface area contributed by atoms with Crippen molar-refractivity contribution in [3.63, 3.8) is 0 Å². The van der Waals surface area contributed by atoms with Gasteiger partial charge in [-0.15, -0.1) is 0 Å². The van der Waals surface area contributed by atoms with Gasteiger partial charge in [-0.25, -0.2) is 4.99 Å². The maximum absolute atomic E-state index is 11.2. The van der Waals surface area contributed by atoms with Crippen LogP contribution in [0.5, 0.6) is 23.0 Å². The lowest BCUT2D eigenvalue weighted by atomic mass is 9.85. The summed E-state index contributed by atoms with van der Waals surface area (Å²) in [5.41, 5.74) is 7.78. The van der Waals surface area contributed by atoms with Crippen LogP contribution < -0.4 is 0 Å². The first-order chi connectivity index (χ1) is 22.3. The summed E-state index contributed by atoms with van der Waals surface area (Å²) in [6, 6.07) is 31.3. The van der Waals surface area contributed by atoms with Crippen molar-refractivity contribution in [2.45, 2.75) is 39.0 Å². The van der Waals surface area contributed by atoms with Crippen molar-refractivity contribution in [3.8, 4) is 45.3 Å². The highest BCUT2D eigenvalue weighted by Crippen LogP contribution is 2.55. The molecule has 5 N–H and O–H groups in total. The Morgan fingerprint density at radius 2 is 1.43 bits per heavy atom. The quantitative estimate of drug-likeness (QED) is 0.0523. The number of benzene rings is 5. The molecular weight excluding hydrogens is 572 g/mol. The Morgan fingerprint density at radius 3 is 2.09 bits per heavy atom. The summed E-state index contributed by atoms with van der Waals surface area (Å²) in [6.45, 7) is 3.74. The van der Waals surface area contributed by atoms with E-state index in [9.17, 15) is 20.4 Å². The Bertz CT molecular complexity index is 1990. The molecule has 5 aromatic rings. The number of nitrogens with zero attached hydrogens (tertiary/aromatic N) is 1. The SMILES string of the molecule is CCc1c(O)c(O)c(O)c(-c2cccc(C3CC3)c2-c2ccc(C(=N)/N=C(\C=C\c3ccccc3)c3ccccc3)cc2C)c1O. The van der Waals surface area contributed by atoms with Gasteiger partial charge in [-0.3, -0.25) is 5.41 Å². The van der Waals surface area contributed by atoms with Crippen molar-refractivity contribution in [3.05, 3.63) is 137 Å². The minimum absolute atomic E-state index is 0.0863. The van der Waals surface area contributed by atoms with Crippen LogP contribution in [-0.4, -0.2) is 32.0 Å². The van der Waals surface area contributed by atoms with E-state index >= 15 is 0 Å². The molecule has 0 amide bonds. The van der Waals surface area contributed by atoms with Gasteiger partial charge in [-0.05, 0) is 77.6 Å². The zero-order chi connectivity index (χ0) is 32.4. The van der Waals surface area contributed by atoms with Crippen LogP contribution in [0.3, 0.4) is 0 Å². The normalized spacial score (nSPS) is 13.3. The molecule has 0 aromatic heterocycles. The van der Waals surface area contributed by atoms with E-state index in [1.165, 1.54) is 0 Å². The first-order valence-corrected chi connectivity index (χ1v) is 15.5. The minimum Gasteiger partial charge on any atom is -0.507 e. The molecule has 5 aromatic carbocycles. The van der Waals surface area contributed by atoms with Gasteiger partial charge in [0.2, 0.25) is 5.75 Å². The fourth-order valence-corrected chi connectivity index (χ4v) is 5.98. The van der Waals surface area contributed by atoms with Gasteiger partial charge in [0, 0.05) is 16.7 Å². The van der Waals surface area contributed by atoms with Gasteiger partial charge >= 0.3 is 0 Å². The summed E-state index contributed by atoms with van der Waals surface area (Å²) in [4.78, 5) is 4.75. The van der Waals surface area contributed by atoms with Gasteiger partial charge in [0.05, 0.1) is 11.3 Å². The van der Waals surface area contributed by atoms with Gasteiger partial charge in [0.15, 0.2) is 17.3 Å². The van der Waals surface area contributed by atoms with Gasteiger partial charge in [0.1, 0.15) is 5.75 Å². The molecule has 1 saturated carbocycles. The second-order valence-electron chi connectivity index (χ2n) is 11.6. The fraction of sp³-hybridized carbons (Fsp3) is 0.150. The molecule has 1 aliphatic rings. The number of amidine groups is 1. The smallest absolute Gasteiger partial charge is 0.201 e. The van der Waals surface area contributed by atoms with Crippen LogP contribution in [0, 0.1) is 12.3 Å². The molecule has 46 heavy (non-hydrogen) atoms. The highest BCUT2D eigenvalue weighted by atomic mass is 16.3. The van der Waals surface area contributed by atoms with Crippen LogP contribution in [0.1, 0.15) is 59.1 Å². The molecule has 0 unspecified atom stereocenters. The van der Waals surface area contributed by atoms with Crippen molar-refractivity contribution < 1.29 is 20.4 Å². The maximum Gasteiger partial charge on any atom is 0.201 e. The van der Waals surface area contributed by atoms with Gasteiger partial charge in [-0.1, -0.05) is 104 Å². The lowest BCUT2D eigenvalue weighted by Crippen LogP contribution is -2.04. The lowest BCUT2D eigenvalue weighted by Gasteiger charge is -2.21. The fourth-order valence-electron chi connectivity index (χ4n) is 5.98. The predicted octanol–water partition coefficient (Wildman–Crippen LogP) is 9.12. The number of aliphatic imine (C=N–C) groups is 1. The number of aromatic hydroxyl groups is 4. The van der Waals surface area contributed by atoms with E-state index in [1.54, 1.807) is 6.92 Å². The second kappa shape index (κ2) is 12.8. The summed E-state index contributed by atoms with van der Waals surface area (Å²) in [5.74, 6) is -1.54. The van der Waals surface area contributed by atoms with Gasteiger partial charge in [-0.2, -0.15) is 0 Å². The number of hydrogen-bond acceptors (Lipinski definition) is 5. The molecule has 0 bridgehead atoms. The third-order valence-corrected chi connectivity index (χ3v) is 8.53. The van der Waals surface area contributed by atoms with Crippen LogP contribution >= 0.6 is 0 Å². The molecule has 1 aliphatic carbocycles. The maximum atomic E-state index is 11.2. The highest BCUT2D eigenvalue weighted by Gasteiger charge is 2.31. The van der Waals surface area contributed by atoms with Crippen LogP contribution in [0.25, 0.3) is 28.3 Å². The zero-order valence-corrected chi connectivity index (χ0v) is 25.8. The van der Waals surface area contributed by atoms with Gasteiger partial charge in [0.25, 0.3) is 0 Å². The summed E-state index contributed by atoms with van der Waals surface area (Å²) in [7, 11) is 0. The highest BCUT2D eigenvalue weighted by molar-refractivity contribution is 6.17. The van der Waals surface area contributed by atoms with E-state index in [4.69, 9.17) is 10.4 Å². The van der Waals surface area contributed by atoms with Crippen LogP contribution in [-0.2, 0) is 6.42 Å². The number of aryl methyl sites for hydroxylation is 1. The van der Waals surface area contributed by atoms with E-state index in [-0.39, 0.29) is 29.1 Å². The largest absolute Gasteiger partial charge is 0.507 e. The number of phenolic OH excluding ortho intramolecular Hbond substituents is 4. The Labute approximate surface area is 268 Å². The molecule has 0 aliphatic heterocycles. The molecule has 230 valence electrons. The van der Waals surface area contributed by atoms with Crippen molar-refractivity contribution in [2.24, 2.45) is 4.99 Å². The Balaban J connectivity index is 1.44. The zero-order valence-electron chi connectivity index (χ0n) is 25.8. The summed E-state index contributed by atoms with van der Waals surface area (Å²) < 4.78 is 0. The van der Waals surface area contributed by atoms with Crippen LogP contribution in [0.15, 0.2) is 108 Å². The summed E-state index contributed by atoms with van der Waals surface area (Å²) in [6.07, 6.45) is 6.24. The standard InChI is InChI=1S/C40H36N2O4/c1-3-29-36(43)35(38(45)39(46)37(29)44)32-16-10-15-31(26-18-19-26)34(32)30-21-20-28(23-24(30)2)40(41)42-33(27-13-8-5-9-14-27)22-17-25-11-6-4-7-12-25/h4-17,20-23,26,41,43-46H,3,18-19H2,1-2H3/b22-17+,41-40?,42-33+. The lowest BCUT2D eigenvalue weighted by molar-refractivity contribution is 0.358. The number of allylic oxidation sites excluding steroid dienone is 1. The topological polar surface area (TPSA) is 117 Å². The number of nitrogens with one attached hydrogen (secondary N) is 1. The minimum atomic E-state index is -0.652. The van der Waals surface area contributed by atoms with Crippen LogP contribution in [0.2, 0.25) is 0 Å². The number of hydrogen-bond donors (Lipinski definition) is 5. The molecule has 0 spiro atoms. The third-order valence-electron chi connectivity index (χ3n) is 8.53. The molecule has 0 saturated heterocycles. The van der Waals surface area contributed by atoms with E-state index in [0.717, 1.165) is 46.2 Å². The van der Waals surface area contributed by atoms with Crippen LogP contribution in [0.4, 0.5) is 0 Å². The molecule has 6 nitrogen and oxygen atoms in total. The van der Waals surface area contributed by atoms with E-state index in [0.29, 0.717) is 22.8 Å². The second-order valence-corrected chi connectivity index (χ2v) is 11.6. The van der Waals surface area contributed by atoms with Crippen molar-refractivity contribution >= 4 is 17.6 Å². The average molecular weight is 609 g/mol. The van der Waals surface area contributed by atoms with Gasteiger partial charge < -0.3 is 20.4 Å². The number of rotatable bonds is 8. The van der Waals surface area contributed by atoms with E-state index in [1.807, 2.05) is 110 Å². The Hall–Kier alpha value is -5.62. The Morgan fingerprint density at radius 1 is 0.739 bits per heavy atom. The molecular formula is C40H36N2O4. The predicted molar refractivity (Wildman–Crippen MR) is 185 cm³/mol. The first kappa shape index (κ1) is 30.4. The van der Waals surface area contributed by atoms with E-state index in [2.05, 4.69) is 6.07 Å². The molecule has 6 rings (SSSR count). The number of phenols is 4. The molecule has 1 fully saturated rings. The molecule has 0 radical (unpaired) electrons. The first-order valence-electron chi connectivity index (χ1n) is 15.5. The van der Waals surface area contributed by atoms with Crippen molar-refractivity contribution in [2.75, 3.05) is 0 Å².